The Morgan fingerprint density at radius 3 is 2.72 bits per heavy atom. The second-order valence-corrected chi connectivity index (χ2v) is 8.17. The molecule has 0 atom stereocenters. The van der Waals surface area contributed by atoms with Gasteiger partial charge in [-0.3, -0.25) is 14.4 Å². The number of nitrogens with two attached hydrogens (primary N) is 1. The van der Waals surface area contributed by atoms with Crippen molar-refractivity contribution in [3.05, 3.63) is 61.7 Å². The van der Waals surface area contributed by atoms with E-state index in [1.54, 1.807) is 23.3 Å². The minimum Gasteiger partial charge on any atom is -0.383 e. The van der Waals surface area contributed by atoms with Gasteiger partial charge in [0.2, 0.25) is 0 Å². The van der Waals surface area contributed by atoms with E-state index in [0.29, 0.717) is 43.5 Å². The van der Waals surface area contributed by atoms with E-state index in [1.165, 1.54) is 6.33 Å². The Kier molecular flexibility index (Phi) is 5.91. The van der Waals surface area contributed by atoms with Crippen LogP contribution in [0.4, 0.5) is 11.5 Å². The quantitative estimate of drug-likeness (QED) is 0.292. The van der Waals surface area contributed by atoms with Gasteiger partial charge in [-0.05, 0) is 48.1 Å². The molecule has 164 valence electrons. The summed E-state index contributed by atoms with van der Waals surface area (Å²) in [6.07, 6.45) is 1.40. The van der Waals surface area contributed by atoms with E-state index in [4.69, 9.17) is 10.7 Å². The van der Waals surface area contributed by atoms with Crippen LogP contribution >= 0.6 is 22.6 Å². The van der Waals surface area contributed by atoms with E-state index in [1.807, 2.05) is 38.1 Å². The largest absolute Gasteiger partial charge is 0.383 e. The molecule has 10 nitrogen and oxygen atoms in total. The summed E-state index contributed by atoms with van der Waals surface area (Å²) in [5.74, 6) is 0.856. The van der Waals surface area contributed by atoms with E-state index in [2.05, 4.69) is 48.0 Å². The minimum absolute atomic E-state index is 0.202. The fourth-order valence-electron chi connectivity index (χ4n) is 3.56. The number of nitrogens with one attached hydrogen (secondary N) is 1. The number of nitrogen functional groups attached to an aromatic ring is 1. The molecule has 0 fully saturated rings. The Morgan fingerprint density at radius 1 is 1.28 bits per heavy atom. The maximum Gasteiger partial charge on any atom is 0.282 e. The second kappa shape index (κ2) is 8.65. The smallest absolute Gasteiger partial charge is 0.282 e. The van der Waals surface area contributed by atoms with Crippen LogP contribution in [0.15, 0.2) is 40.4 Å². The highest BCUT2D eigenvalue weighted by Gasteiger charge is 2.22. The lowest BCUT2D eigenvalue weighted by Crippen LogP contribution is -2.30. The van der Waals surface area contributed by atoms with Gasteiger partial charge in [-0.15, -0.1) is 0 Å². The van der Waals surface area contributed by atoms with Gasteiger partial charge in [-0.25, -0.2) is 19.6 Å². The SMILES string of the molecule is CN=C(C)c1nc(Cn2nc(I)c3c(N)ncnc32)n(-c2ccccc2C)c(=O)c1NC. The predicted octanol–water partition coefficient (Wildman–Crippen LogP) is 2.40. The summed E-state index contributed by atoms with van der Waals surface area (Å²) in [5.41, 5.74) is 9.62. The summed E-state index contributed by atoms with van der Waals surface area (Å²) in [7, 11) is 3.38. The molecule has 0 saturated carbocycles. The number of hydrogen-bond donors (Lipinski definition) is 2. The third-order valence-electron chi connectivity index (χ3n) is 5.24. The lowest BCUT2D eigenvalue weighted by molar-refractivity contribution is 0.639. The van der Waals surface area contributed by atoms with E-state index >= 15 is 0 Å². The summed E-state index contributed by atoms with van der Waals surface area (Å²) in [4.78, 5) is 31.2. The molecule has 3 heterocycles. The molecule has 32 heavy (non-hydrogen) atoms. The maximum absolute atomic E-state index is 13.7. The van der Waals surface area contributed by atoms with Crippen LogP contribution in [0.5, 0.6) is 0 Å². The molecule has 0 saturated heterocycles. The Bertz CT molecular complexity index is 1420. The zero-order valence-corrected chi connectivity index (χ0v) is 20.2. The molecule has 0 aliphatic heterocycles. The first-order valence-corrected chi connectivity index (χ1v) is 10.9. The Balaban J connectivity index is 2.03. The number of aryl methyl sites for hydroxylation is 1. The number of aliphatic imine (C=N–C) groups is 1. The topological polar surface area (TPSA) is 129 Å². The number of anilines is 2. The van der Waals surface area contributed by atoms with Gasteiger partial charge in [0.05, 0.1) is 16.8 Å². The van der Waals surface area contributed by atoms with Crippen molar-refractivity contribution >= 4 is 50.8 Å². The average molecular weight is 543 g/mol. The summed E-state index contributed by atoms with van der Waals surface area (Å²) in [6, 6.07) is 7.68. The molecule has 4 aromatic rings. The van der Waals surface area contributed by atoms with Gasteiger partial charge in [0.1, 0.15) is 39.6 Å². The number of benzene rings is 1. The van der Waals surface area contributed by atoms with Gasteiger partial charge in [-0.1, -0.05) is 18.2 Å². The Hall–Kier alpha value is -3.35. The lowest BCUT2D eigenvalue weighted by Gasteiger charge is -2.18. The van der Waals surface area contributed by atoms with Gasteiger partial charge in [0.25, 0.3) is 5.56 Å². The predicted molar refractivity (Wildman–Crippen MR) is 134 cm³/mol. The number of aromatic nitrogens is 6. The molecule has 11 heteroatoms. The van der Waals surface area contributed by atoms with Gasteiger partial charge >= 0.3 is 0 Å². The van der Waals surface area contributed by atoms with Gasteiger partial charge in [0, 0.05) is 14.1 Å². The fourth-order valence-corrected chi connectivity index (χ4v) is 4.34. The third kappa shape index (κ3) is 3.61. The van der Waals surface area contributed by atoms with Crippen molar-refractivity contribution in [2.24, 2.45) is 4.99 Å². The molecule has 0 bridgehead atoms. The van der Waals surface area contributed by atoms with Gasteiger partial charge in [-0.2, -0.15) is 5.10 Å². The third-order valence-corrected chi connectivity index (χ3v) is 6.00. The van der Waals surface area contributed by atoms with Crippen LogP contribution in [0.25, 0.3) is 16.7 Å². The molecule has 0 amide bonds. The second-order valence-electron chi connectivity index (χ2n) is 7.14. The maximum atomic E-state index is 13.7. The molecule has 4 rings (SSSR count). The molecule has 0 aliphatic carbocycles. The lowest BCUT2D eigenvalue weighted by atomic mass is 10.1. The van der Waals surface area contributed by atoms with E-state index in [0.717, 1.165) is 11.3 Å². The number of rotatable bonds is 5. The van der Waals surface area contributed by atoms with E-state index < -0.39 is 0 Å². The van der Waals surface area contributed by atoms with Crippen LogP contribution in [0.3, 0.4) is 0 Å². The number of hydrogen-bond acceptors (Lipinski definition) is 8. The highest BCUT2D eigenvalue weighted by atomic mass is 127. The van der Waals surface area contributed by atoms with Crippen LogP contribution in [0.1, 0.15) is 24.0 Å². The molecule has 0 aliphatic rings. The van der Waals surface area contributed by atoms with Crippen molar-refractivity contribution in [3.63, 3.8) is 0 Å². The summed E-state index contributed by atoms with van der Waals surface area (Å²) >= 11 is 2.10. The average Bonchev–Trinajstić information content (AvgIpc) is 3.10. The van der Waals surface area contributed by atoms with Crippen molar-refractivity contribution in [2.75, 3.05) is 25.1 Å². The number of nitrogens with zero attached hydrogens (tertiary/aromatic N) is 7. The highest BCUT2D eigenvalue weighted by molar-refractivity contribution is 14.1. The zero-order valence-electron chi connectivity index (χ0n) is 18.1. The fraction of sp³-hybridized carbons (Fsp3) is 0.238. The molecule has 3 N–H and O–H groups in total. The number of fused-ring (bicyclic) bond motifs is 1. The van der Waals surface area contributed by atoms with Crippen LogP contribution in [0, 0.1) is 10.6 Å². The summed E-state index contributed by atoms with van der Waals surface area (Å²) < 4.78 is 3.98. The first-order chi connectivity index (χ1) is 15.4. The standard InChI is InChI=1S/C21H22IN9O/c1-11-7-5-6-8-13(11)31-14(28-16(12(2)24-3)17(25-4)21(31)32)9-30-20-15(18(22)29-30)19(23)26-10-27-20/h5-8,10,25H,9H2,1-4H3,(H2,23,26,27). The van der Waals surface area contributed by atoms with Gasteiger partial charge < -0.3 is 11.1 Å². The van der Waals surface area contributed by atoms with Crippen LogP contribution < -0.4 is 16.6 Å². The molecular formula is C21H22IN9O. The highest BCUT2D eigenvalue weighted by Crippen LogP contribution is 2.24. The van der Waals surface area contributed by atoms with Crippen LogP contribution in [0.2, 0.25) is 0 Å². The number of para-hydroxylation sites is 1. The van der Waals surface area contributed by atoms with E-state index in [9.17, 15) is 4.79 Å². The Morgan fingerprint density at radius 2 is 2.03 bits per heavy atom. The number of halogens is 1. The van der Waals surface area contributed by atoms with Crippen molar-refractivity contribution < 1.29 is 0 Å². The summed E-state index contributed by atoms with van der Waals surface area (Å²) in [5, 5.41) is 8.27. The van der Waals surface area contributed by atoms with Crippen molar-refractivity contribution in [1.82, 2.24) is 29.3 Å². The molecular weight excluding hydrogens is 521 g/mol. The van der Waals surface area contributed by atoms with E-state index in [-0.39, 0.29) is 12.1 Å². The normalized spacial score (nSPS) is 11.8. The molecule has 3 aromatic heterocycles. The van der Waals surface area contributed by atoms with Gasteiger partial charge in [0.15, 0.2) is 5.65 Å². The minimum atomic E-state index is -0.218. The first kappa shape index (κ1) is 21.9. The summed E-state index contributed by atoms with van der Waals surface area (Å²) in [6.45, 7) is 3.98. The van der Waals surface area contributed by atoms with Crippen molar-refractivity contribution in [1.29, 1.82) is 0 Å². The molecule has 0 unspecified atom stereocenters. The van der Waals surface area contributed by atoms with Crippen molar-refractivity contribution in [2.45, 2.75) is 20.4 Å². The van der Waals surface area contributed by atoms with Crippen molar-refractivity contribution in [3.8, 4) is 5.69 Å². The molecule has 1 aromatic carbocycles. The van der Waals surface area contributed by atoms with Crippen LogP contribution in [-0.2, 0) is 6.54 Å². The first-order valence-electron chi connectivity index (χ1n) is 9.83. The monoisotopic (exact) mass is 543 g/mol. The molecule has 0 spiro atoms. The zero-order chi connectivity index (χ0) is 23.0. The van der Waals surface area contributed by atoms with Crippen LogP contribution in [-0.4, -0.2) is 49.1 Å². The Labute approximate surface area is 197 Å². The molecule has 0 radical (unpaired) electrons.